The van der Waals surface area contributed by atoms with Crippen LogP contribution in [0.15, 0.2) is 36.4 Å². The van der Waals surface area contributed by atoms with E-state index in [9.17, 15) is 9.59 Å². The molecule has 0 bridgehead atoms. The van der Waals surface area contributed by atoms with Gasteiger partial charge in [-0.1, -0.05) is 0 Å². The standard InChI is InChI=1S/C20H18N2O4/c23-19(21-15-4-6-17-18(10-15)26-11-25-17)14-3-5-16-13(9-14)7-8-22(16)20(24)12-1-2-12/h3-6,9-10,12H,1-2,7-8,11H2,(H,21,23). The second-order valence-electron chi connectivity index (χ2n) is 6.88. The number of benzene rings is 2. The van der Waals surface area contributed by atoms with Crippen LogP contribution in [0, 0.1) is 5.92 Å². The van der Waals surface area contributed by atoms with Crippen LogP contribution < -0.4 is 19.7 Å². The van der Waals surface area contributed by atoms with Crippen molar-refractivity contribution >= 4 is 23.2 Å². The highest BCUT2D eigenvalue weighted by atomic mass is 16.7. The number of hydrogen-bond donors (Lipinski definition) is 1. The fraction of sp³-hybridized carbons (Fsp3) is 0.300. The molecule has 2 heterocycles. The zero-order chi connectivity index (χ0) is 17.7. The normalized spacial score (nSPS) is 17.2. The largest absolute Gasteiger partial charge is 0.454 e. The van der Waals surface area contributed by atoms with E-state index in [1.165, 1.54) is 0 Å². The minimum atomic E-state index is -0.182. The van der Waals surface area contributed by atoms with E-state index in [1.54, 1.807) is 24.3 Å². The molecule has 6 heteroatoms. The summed E-state index contributed by atoms with van der Waals surface area (Å²) >= 11 is 0. The molecular weight excluding hydrogens is 332 g/mol. The molecule has 0 spiro atoms. The number of ether oxygens (including phenoxy) is 2. The molecule has 2 aromatic carbocycles. The molecule has 2 aliphatic heterocycles. The summed E-state index contributed by atoms with van der Waals surface area (Å²) in [4.78, 5) is 26.8. The van der Waals surface area contributed by atoms with Gasteiger partial charge in [0.25, 0.3) is 5.91 Å². The lowest BCUT2D eigenvalue weighted by molar-refractivity contribution is -0.119. The predicted molar refractivity (Wildman–Crippen MR) is 95.7 cm³/mol. The number of nitrogens with zero attached hydrogens (tertiary/aromatic N) is 1. The summed E-state index contributed by atoms with van der Waals surface area (Å²) < 4.78 is 10.6. The predicted octanol–water partition coefficient (Wildman–Crippen LogP) is 2.97. The molecule has 1 N–H and O–H groups in total. The number of anilines is 2. The van der Waals surface area contributed by atoms with Gasteiger partial charge in [0.1, 0.15) is 0 Å². The van der Waals surface area contributed by atoms with Crippen LogP contribution in [0.5, 0.6) is 11.5 Å². The van der Waals surface area contributed by atoms with Gasteiger partial charge in [0, 0.05) is 35.5 Å². The summed E-state index contributed by atoms with van der Waals surface area (Å²) in [5.41, 5.74) is 3.24. The molecule has 6 nitrogen and oxygen atoms in total. The van der Waals surface area contributed by atoms with Crippen molar-refractivity contribution in [3.63, 3.8) is 0 Å². The van der Waals surface area contributed by atoms with E-state index in [0.717, 1.165) is 30.5 Å². The smallest absolute Gasteiger partial charge is 0.255 e. The van der Waals surface area contributed by atoms with Gasteiger partial charge in [-0.25, -0.2) is 0 Å². The first-order valence-electron chi connectivity index (χ1n) is 8.84. The first-order chi connectivity index (χ1) is 12.7. The molecule has 0 aromatic heterocycles. The Morgan fingerprint density at radius 1 is 1.04 bits per heavy atom. The van der Waals surface area contributed by atoms with Crippen molar-refractivity contribution in [3.8, 4) is 11.5 Å². The third-order valence-electron chi connectivity index (χ3n) is 5.06. The first kappa shape index (κ1) is 15.3. The summed E-state index contributed by atoms with van der Waals surface area (Å²) in [7, 11) is 0. The van der Waals surface area contributed by atoms with Crippen LogP contribution >= 0.6 is 0 Å². The third kappa shape index (κ3) is 2.58. The van der Waals surface area contributed by atoms with Crippen LogP contribution in [0.2, 0.25) is 0 Å². The average Bonchev–Trinajstić information content (AvgIpc) is 3.25. The van der Waals surface area contributed by atoms with E-state index in [-0.39, 0.29) is 24.5 Å². The third-order valence-corrected chi connectivity index (χ3v) is 5.06. The van der Waals surface area contributed by atoms with Crippen LogP contribution in [0.3, 0.4) is 0 Å². The summed E-state index contributed by atoms with van der Waals surface area (Å²) in [6.07, 6.45) is 2.79. The molecule has 26 heavy (non-hydrogen) atoms. The van der Waals surface area contributed by atoms with Gasteiger partial charge in [0.2, 0.25) is 12.7 Å². The monoisotopic (exact) mass is 350 g/mol. The summed E-state index contributed by atoms with van der Waals surface area (Å²) in [5.74, 6) is 1.56. The van der Waals surface area contributed by atoms with Crippen molar-refractivity contribution in [2.75, 3.05) is 23.6 Å². The minimum absolute atomic E-state index is 0.182. The topological polar surface area (TPSA) is 67.9 Å². The highest BCUT2D eigenvalue weighted by molar-refractivity contribution is 6.05. The number of hydrogen-bond acceptors (Lipinski definition) is 4. The Labute approximate surface area is 150 Å². The number of amides is 2. The summed E-state index contributed by atoms with van der Waals surface area (Å²) in [6, 6.07) is 10.9. The van der Waals surface area contributed by atoms with E-state index >= 15 is 0 Å². The van der Waals surface area contributed by atoms with E-state index in [2.05, 4.69) is 5.32 Å². The summed E-state index contributed by atoms with van der Waals surface area (Å²) in [6.45, 7) is 0.908. The zero-order valence-corrected chi connectivity index (χ0v) is 14.2. The second kappa shape index (κ2) is 5.76. The fourth-order valence-electron chi connectivity index (χ4n) is 3.50. The van der Waals surface area contributed by atoms with Gasteiger partial charge in [-0.2, -0.15) is 0 Å². The number of carbonyl (C=O) groups excluding carboxylic acids is 2. The van der Waals surface area contributed by atoms with Crippen LogP contribution in [0.1, 0.15) is 28.8 Å². The van der Waals surface area contributed by atoms with Crippen LogP contribution in [-0.4, -0.2) is 25.2 Å². The second-order valence-corrected chi connectivity index (χ2v) is 6.88. The molecule has 0 unspecified atom stereocenters. The molecule has 1 aliphatic carbocycles. The molecule has 5 rings (SSSR count). The van der Waals surface area contributed by atoms with Crippen LogP contribution in [-0.2, 0) is 11.2 Å². The van der Waals surface area contributed by atoms with Gasteiger partial charge in [-0.05, 0) is 55.2 Å². The average molecular weight is 350 g/mol. The van der Waals surface area contributed by atoms with Crippen molar-refractivity contribution in [3.05, 3.63) is 47.5 Å². The Morgan fingerprint density at radius 3 is 2.73 bits per heavy atom. The lowest BCUT2D eigenvalue weighted by Gasteiger charge is -2.17. The molecular formula is C20H18N2O4. The van der Waals surface area contributed by atoms with Crippen molar-refractivity contribution in [2.45, 2.75) is 19.3 Å². The van der Waals surface area contributed by atoms with Gasteiger partial charge in [-0.3, -0.25) is 9.59 Å². The van der Waals surface area contributed by atoms with Crippen LogP contribution in [0.25, 0.3) is 0 Å². The summed E-state index contributed by atoms with van der Waals surface area (Å²) in [5, 5.41) is 2.89. The number of rotatable bonds is 3. The van der Waals surface area contributed by atoms with Gasteiger partial charge >= 0.3 is 0 Å². The highest BCUT2D eigenvalue weighted by Gasteiger charge is 2.36. The molecule has 132 valence electrons. The molecule has 1 saturated carbocycles. The number of nitrogens with one attached hydrogen (secondary N) is 1. The first-order valence-corrected chi connectivity index (χ1v) is 8.84. The van der Waals surface area contributed by atoms with Crippen molar-refractivity contribution in [1.82, 2.24) is 0 Å². The van der Waals surface area contributed by atoms with Gasteiger partial charge in [-0.15, -0.1) is 0 Å². The maximum atomic E-state index is 12.6. The highest BCUT2D eigenvalue weighted by Crippen LogP contribution is 2.37. The van der Waals surface area contributed by atoms with Crippen molar-refractivity contribution in [2.24, 2.45) is 5.92 Å². The van der Waals surface area contributed by atoms with Crippen LogP contribution in [0.4, 0.5) is 11.4 Å². The van der Waals surface area contributed by atoms with Crippen molar-refractivity contribution in [1.29, 1.82) is 0 Å². The Morgan fingerprint density at radius 2 is 1.88 bits per heavy atom. The van der Waals surface area contributed by atoms with Gasteiger partial charge in [0.05, 0.1) is 0 Å². The number of carbonyl (C=O) groups is 2. The lowest BCUT2D eigenvalue weighted by Crippen LogP contribution is -2.30. The molecule has 0 saturated heterocycles. The van der Waals surface area contributed by atoms with Crippen molar-refractivity contribution < 1.29 is 19.1 Å². The Kier molecular flexibility index (Phi) is 3.38. The Hall–Kier alpha value is -3.02. The molecule has 2 amide bonds. The SMILES string of the molecule is O=C(Nc1ccc2c(c1)OCO2)c1ccc2c(c1)CCN2C(=O)C1CC1. The van der Waals surface area contributed by atoms with E-state index in [1.807, 2.05) is 17.0 Å². The van der Waals surface area contributed by atoms with E-state index in [4.69, 9.17) is 9.47 Å². The van der Waals surface area contributed by atoms with Gasteiger partial charge in [0.15, 0.2) is 11.5 Å². The molecule has 2 aromatic rings. The van der Waals surface area contributed by atoms with Gasteiger partial charge < -0.3 is 19.7 Å². The van der Waals surface area contributed by atoms with E-state index in [0.29, 0.717) is 29.3 Å². The Balaban J connectivity index is 1.34. The maximum absolute atomic E-state index is 12.6. The number of fused-ring (bicyclic) bond motifs is 2. The molecule has 0 radical (unpaired) electrons. The Bertz CT molecular complexity index is 920. The minimum Gasteiger partial charge on any atom is -0.454 e. The zero-order valence-electron chi connectivity index (χ0n) is 14.2. The molecule has 3 aliphatic rings. The quantitative estimate of drug-likeness (QED) is 0.924. The molecule has 1 fully saturated rings. The van der Waals surface area contributed by atoms with E-state index < -0.39 is 0 Å². The molecule has 0 atom stereocenters. The fourth-order valence-corrected chi connectivity index (χ4v) is 3.50. The maximum Gasteiger partial charge on any atom is 0.255 e. The lowest BCUT2D eigenvalue weighted by atomic mass is 10.1.